The van der Waals surface area contributed by atoms with Crippen molar-refractivity contribution in [3.63, 3.8) is 0 Å². The lowest BCUT2D eigenvalue weighted by molar-refractivity contribution is 0.119. The second kappa shape index (κ2) is 5.06. The molecule has 0 bridgehead atoms. The predicted molar refractivity (Wildman–Crippen MR) is 83.2 cm³/mol. The molecule has 2 aromatic rings. The average Bonchev–Trinajstić information content (AvgIpc) is 2.84. The maximum absolute atomic E-state index is 5.94. The molecule has 1 atom stereocenters. The third-order valence-corrected chi connectivity index (χ3v) is 4.46. The highest BCUT2D eigenvalue weighted by Gasteiger charge is 2.41. The third-order valence-electron chi connectivity index (χ3n) is 4.46. The van der Waals surface area contributed by atoms with Gasteiger partial charge in [0.1, 0.15) is 0 Å². The molecule has 1 aliphatic rings. The number of ether oxygens (including phenoxy) is 1. The van der Waals surface area contributed by atoms with E-state index >= 15 is 0 Å². The van der Waals surface area contributed by atoms with Gasteiger partial charge in [0.05, 0.1) is 12.7 Å². The molecule has 1 heteroatoms. The Morgan fingerprint density at radius 3 is 1.65 bits per heavy atom. The average molecular weight is 266 g/mol. The normalized spacial score (nSPS) is 21.1. The van der Waals surface area contributed by atoms with Crippen LogP contribution in [-0.2, 0) is 10.2 Å². The van der Waals surface area contributed by atoms with Crippen molar-refractivity contribution in [2.75, 3.05) is 6.61 Å². The molecule has 1 nitrogen and oxygen atoms in total. The van der Waals surface area contributed by atoms with Gasteiger partial charge in [0.15, 0.2) is 0 Å². The van der Waals surface area contributed by atoms with E-state index in [1.165, 1.54) is 22.3 Å². The van der Waals surface area contributed by atoms with E-state index in [0.29, 0.717) is 6.10 Å². The molecule has 1 saturated heterocycles. The maximum atomic E-state index is 5.94. The maximum Gasteiger partial charge on any atom is 0.0608 e. The monoisotopic (exact) mass is 266 g/mol. The highest BCUT2D eigenvalue weighted by molar-refractivity contribution is 5.42. The van der Waals surface area contributed by atoms with Crippen LogP contribution < -0.4 is 0 Å². The van der Waals surface area contributed by atoms with Crippen molar-refractivity contribution in [3.8, 4) is 0 Å². The first-order chi connectivity index (χ1) is 9.60. The summed E-state index contributed by atoms with van der Waals surface area (Å²) in [6.07, 6.45) is 1.37. The van der Waals surface area contributed by atoms with Crippen molar-refractivity contribution >= 4 is 0 Å². The molecule has 20 heavy (non-hydrogen) atoms. The fraction of sp³-hybridized carbons (Fsp3) is 0.368. The molecular formula is C19H22O. The molecule has 0 saturated carbocycles. The fourth-order valence-corrected chi connectivity index (χ4v) is 3.21. The molecule has 104 valence electrons. The van der Waals surface area contributed by atoms with Crippen molar-refractivity contribution in [3.05, 3.63) is 70.8 Å². The van der Waals surface area contributed by atoms with Crippen molar-refractivity contribution in [2.45, 2.75) is 38.7 Å². The van der Waals surface area contributed by atoms with E-state index in [1.54, 1.807) is 0 Å². The fourth-order valence-electron chi connectivity index (χ4n) is 3.21. The minimum atomic E-state index is 0.0147. The van der Waals surface area contributed by atoms with Gasteiger partial charge in [0.25, 0.3) is 0 Å². The van der Waals surface area contributed by atoms with Gasteiger partial charge in [-0.3, -0.25) is 0 Å². The molecule has 1 aliphatic heterocycles. The van der Waals surface area contributed by atoms with Crippen LogP contribution in [0.3, 0.4) is 0 Å². The highest BCUT2D eigenvalue weighted by Crippen LogP contribution is 2.42. The summed E-state index contributed by atoms with van der Waals surface area (Å²) >= 11 is 0. The number of hydrogen-bond donors (Lipinski definition) is 0. The molecule has 1 fully saturated rings. The van der Waals surface area contributed by atoms with Crippen LogP contribution >= 0.6 is 0 Å². The van der Waals surface area contributed by atoms with Crippen LogP contribution in [0.25, 0.3) is 0 Å². The molecule has 0 radical (unpaired) electrons. The summed E-state index contributed by atoms with van der Waals surface area (Å²) in [5.74, 6) is 0. The second-order valence-corrected chi connectivity index (χ2v) is 6.14. The van der Waals surface area contributed by atoms with Gasteiger partial charge in [-0.05, 0) is 38.3 Å². The quantitative estimate of drug-likeness (QED) is 0.783. The number of hydrogen-bond acceptors (Lipinski definition) is 1. The minimum Gasteiger partial charge on any atom is -0.377 e. The molecule has 0 aromatic heterocycles. The first-order valence-corrected chi connectivity index (χ1v) is 7.36. The van der Waals surface area contributed by atoms with Gasteiger partial charge in [-0.1, -0.05) is 59.7 Å². The van der Waals surface area contributed by atoms with Crippen LogP contribution in [0.2, 0.25) is 0 Å². The lowest BCUT2D eigenvalue weighted by Crippen LogP contribution is -2.28. The number of rotatable bonds is 2. The molecule has 0 unspecified atom stereocenters. The van der Waals surface area contributed by atoms with Gasteiger partial charge >= 0.3 is 0 Å². The Morgan fingerprint density at radius 2 is 1.30 bits per heavy atom. The topological polar surface area (TPSA) is 9.23 Å². The zero-order valence-electron chi connectivity index (χ0n) is 12.5. The summed E-state index contributed by atoms with van der Waals surface area (Å²) < 4.78 is 5.94. The Balaban J connectivity index is 2.09. The summed E-state index contributed by atoms with van der Waals surface area (Å²) in [5, 5.41) is 0. The lowest BCUT2D eigenvalue weighted by atomic mass is 9.73. The van der Waals surface area contributed by atoms with E-state index in [4.69, 9.17) is 4.74 Å². The van der Waals surface area contributed by atoms with Crippen LogP contribution in [-0.4, -0.2) is 12.7 Å². The summed E-state index contributed by atoms with van der Waals surface area (Å²) in [4.78, 5) is 0. The number of benzene rings is 2. The summed E-state index contributed by atoms with van der Waals surface area (Å²) in [7, 11) is 0. The smallest absolute Gasteiger partial charge is 0.0608 e. The van der Waals surface area contributed by atoms with Gasteiger partial charge < -0.3 is 4.74 Å². The Kier molecular flexibility index (Phi) is 3.39. The standard InChI is InChI=1S/C19H22O/c1-14-4-8-17(9-5-14)19(12-16(3)20-13-19)18-10-6-15(2)7-11-18/h4-11,16H,12-13H2,1-3H3/t16-/m0/s1. The van der Waals surface area contributed by atoms with E-state index in [9.17, 15) is 0 Å². The van der Waals surface area contributed by atoms with Gasteiger partial charge in [-0.15, -0.1) is 0 Å². The van der Waals surface area contributed by atoms with E-state index in [0.717, 1.165) is 13.0 Å². The lowest BCUT2D eigenvalue weighted by Gasteiger charge is -2.29. The van der Waals surface area contributed by atoms with Crippen LogP contribution in [0.1, 0.15) is 35.6 Å². The zero-order chi connectivity index (χ0) is 14.2. The van der Waals surface area contributed by atoms with Crippen molar-refractivity contribution < 1.29 is 4.74 Å². The summed E-state index contributed by atoms with van der Waals surface area (Å²) in [5.41, 5.74) is 5.37. The molecule has 0 spiro atoms. The Morgan fingerprint density at radius 1 is 0.850 bits per heavy atom. The van der Waals surface area contributed by atoms with Crippen molar-refractivity contribution in [1.82, 2.24) is 0 Å². The zero-order valence-corrected chi connectivity index (χ0v) is 12.5. The van der Waals surface area contributed by atoms with Crippen molar-refractivity contribution in [1.29, 1.82) is 0 Å². The first-order valence-electron chi connectivity index (χ1n) is 7.36. The molecule has 0 aliphatic carbocycles. The Bertz CT molecular complexity index is 535. The first kappa shape index (κ1) is 13.4. The van der Waals surface area contributed by atoms with Gasteiger partial charge in [0.2, 0.25) is 0 Å². The summed E-state index contributed by atoms with van der Waals surface area (Å²) in [6.45, 7) is 7.22. The second-order valence-electron chi connectivity index (χ2n) is 6.14. The van der Waals surface area contributed by atoms with E-state index in [2.05, 4.69) is 69.3 Å². The largest absolute Gasteiger partial charge is 0.377 e. The highest BCUT2D eigenvalue weighted by atomic mass is 16.5. The molecule has 2 aromatic carbocycles. The van der Waals surface area contributed by atoms with Crippen molar-refractivity contribution in [2.24, 2.45) is 0 Å². The Labute approximate surface area is 121 Å². The van der Waals surface area contributed by atoms with Gasteiger partial charge in [-0.2, -0.15) is 0 Å². The molecule has 0 amide bonds. The van der Waals surface area contributed by atoms with E-state index < -0.39 is 0 Å². The van der Waals surface area contributed by atoms with Gasteiger partial charge in [0, 0.05) is 5.41 Å². The SMILES string of the molecule is Cc1ccc(C2(c3ccc(C)cc3)CO[C@@H](C)C2)cc1. The minimum absolute atomic E-state index is 0.0147. The van der Waals surface area contributed by atoms with Crippen LogP contribution in [0.4, 0.5) is 0 Å². The molecule has 0 N–H and O–H groups in total. The predicted octanol–water partition coefficient (Wildman–Crippen LogP) is 4.40. The molecular weight excluding hydrogens is 244 g/mol. The van der Waals surface area contributed by atoms with Crippen LogP contribution in [0, 0.1) is 13.8 Å². The van der Waals surface area contributed by atoms with Crippen LogP contribution in [0.15, 0.2) is 48.5 Å². The third kappa shape index (κ3) is 2.27. The van der Waals surface area contributed by atoms with Crippen LogP contribution in [0.5, 0.6) is 0 Å². The van der Waals surface area contributed by atoms with E-state index in [1.807, 2.05) is 0 Å². The van der Waals surface area contributed by atoms with E-state index in [-0.39, 0.29) is 5.41 Å². The number of aryl methyl sites for hydroxylation is 2. The Hall–Kier alpha value is -1.60. The summed E-state index contributed by atoms with van der Waals surface area (Å²) in [6, 6.07) is 17.9. The molecule has 1 heterocycles. The van der Waals surface area contributed by atoms with Gasteiger partial charge in [-0.25, -0.2) is 0 Å². The molecule has 3 rings (SSSR count).